The van der Waals surface area contributed by atoms with Crippen molar-refractivity contribution in [2.24, 2.45) is 21.8 Å². The highest BCUT2D eigenvalue weighted by molar-refractivity contribution is 6.36. The molecule has 0 bridgehead atoms. The van der Waals surface area contributed by atoms with Gasteiger partial charge in [0, 0.05) is 31.6 Å². The number of benzene rings is 2. The molecule has 2 aliphatic heterocycles. The molecular weight excluding hydrogens is 682 g/mol. The molecule has 0 spiro atoms. The number of piperazine rings is 1. The number of pyridine rings is 1. The highest BCUT2D eigenvalue weighted by Crippen LogP contribution is 2.48. The van der Waals surface area contributed by atoms with E-state index < -0.39 is 61.5 Å². The van der Waals surface area contributed by atoms with Crippen molar-refractivity contribution < 1.29 is 27.8 Å². The number of fused-ring (bicyclic) bond motifs is 5. The first-order chi connectivity index (χ1) is 23.1. The van der Waals surface area contributed by atoms with E-state index in [9.17, 15) is 14.7 Å². The molecule has 1 fully saturated rings. The maximum Gasteiger partial charge on any atom is 0.300 e. The van der Waals surface area contributed by atoms with E-state index in [2.05, 4.69) is 23.3 Å². The predicted molar refractivity (Wildman–Crippen MR) is 189 cm³/mol. The second kappa shape index (κ2) is 13.5. The summed E-state index contributed by atoms with van der Waals surface area (Å²) in [5.41, 5.74) is -2.39. The molecule has 2 unspecified atom stereocenters. The van der Waals surface area contributed by atoms with Gasteiger partial charge in [0.25, 0.3) is 5.56 Å². The Morgan fingerprint density at radius 3 is 2.33 bits per heavy atom. The van der Waals surface area contributed by atoms with Crippen LogP contribution in [0.1, 0.15) is 34.6 Å². The number of anilines is 1. The lowest BCUT2D eigenvalue weighted by atomic mass is 9.95. The third-order valence-electron chi connectivity index (χ3n) is 8.90. The number of halogens is 5. The summed E-state index contributed by atoms with van der Waals surface area (Å²) in [5.74, 6) is -6.10. The van der Waals surface area contributed by atoms with Crippen LogP contribution in [0.25, 0.3) is 27.7 Å². The summed E-state index contributed by atoms with van der Waals surface area (Å²) in [4.78, 5) is 39.5. The van der Waals surface area contributed by atoms with E-state index in [-0.39, 0.29) is 71.7 Å². The lowest BCUT2D eigenvalue weighted by Gasteiger charge is -2.48. The molecule has 3 aromatic rings. The van der Waals surface area contributed by atoms with E-state index in [1.165, 1.54) is 13.1 Å². The quantitative estimate of drug-likeness (QED) is 0.157. The minimum atomic E-state index is -1.39. The van der Waals surface area contributed by atoms with Crippen LogP contribution in [-0.2, 0) is 4.79 Å². The van der Waals surface area contributed by atoms with Crippen LogP contribution in [0.4, 0.5) is 18.9 Å². The molecule has 0 radical (unpaired) electrons. The first-order valence-corrected chi connectivity index (χ1v) is 16.3. The van der Waals surface area contributed by atoms with Crippen molar-refractivity contribution in [2.75, 3.05) is 31.6 Å². The van der Waals surface area contributed by atoms with Gasteiger partial charge in [-0.25, -0.2) is 13.2 Å². The number of hydrogen-bond acceptors (Lipinski definition) is 7. The fraction of sp³-hybridized carbons (Fsp3) is 0.371. The molecule has 49 heavy (non-hydrogen) atoms. The third-order valence-corrected chi connectivity index (χ3v) is 9.46. The van der Waals surface area contributed by atoms with Gasteiger partial charge in [0.05, 0.1) is 55.5 Å². The average molecular weight is 719 g/mol. The van der Waals surface area contributed by atoms with Gasteiger partial charge < -0.3 is 19.6 Å². The van der Waals surface area contributed by atoms with E-state index in [1.807, 2.05) is 20.8 Å². The number of carbonyl (C=O) groups is 1. The topological polar surface area (TPSA) is 99.7 Å². The maximum absolute atomic E-state index is 17.5. The molecular formula is C35H36Cl2F3N5O4. The Morgan fingerprint density at radius 2 is 1.76 bits per heavy atom. The van der Waals surface area contributed by atoms with E-state index in [1.54, 1.807) is 23.6 Å². The van der Waals surface area contributed by atoms with Crippen LogP contribution in [0.3, 0.4) is 0 Å². The summed E-state index contributed by atoms with van der Waals surface area (Å²) in [6.45, 7) is 16.7. The molecule has 0 saturated carbocycles. The third kappa shape index (κ3) is 5.78. The Morgan fingerprint density at radius 1 is 1.08 bits per heavy atom. The zero-order chi connectivity index (χ0) is 36.2. The fourth-order valence-electron chi connectivity index (χ4n) is 6.69. The lowest BCUT2D eigenvalue weighted by Crippen LogP contribution is -2.62. The van der Waals surface area contributed by atoms with E-state index in [4.69, 9.17) is 27.9 Å². The first-order valence-electron chi connectivity index (χ1n) is 15.6. The number of hydrogen-bond donors (Lipinski definition) is 1. The van der Waals surface area contributed by atoms with Gasteiger partial charge in [0.15, 0.2) is 11.6 Å². The normalized spacial score (nSPS) is 18.3. The smallest absolute Gasteiger partial charge is 0.300 e. The molecule has 1 aromatic heterocycles. The zero-order valence-corrected chi connectivity index (χ0v) is 29.4. The van der Waals surface area contributed by atoms with Gasteiger partial charge in [0.2, 0.25) is 11.7 Å². The second-order valence-corrected chi connectivity index (χ2v) is 13.4. The number of ether oxygens (including phenoxy) is 1. The van der Waals surface area contributed by atoms with Gasteiger partial charge in [-0.2, -0.15) is 0 Å². The summed E-state index contributed by atoms with van der Waals surface area (Å²) in [6.07, 6.45) is 1.20. The highest BCUT2D eigenvalue weighted by atomic mass is 35.5. The zero-order valence-electron chi connectivity index (χ0n) is 27.9. The molecule has 14 heteroatoms. The summed E-state index contributed by atoms with van der Waals surface area (Å²) in [6, 6.07) is 0.990. The van der Waals surface area contributed by atoms with E-state index >= 15 is 13.2 Å². The lowest BCUT2D eigenvalue weighted by molar-refractivity contribution is -0.129. The molecule has 3 heterocycles. The van der Waals surface area contributed by atoms with Crippen LogP contribution in [0.15, 0.2) is 45.3 Å². The Hall–Kier alpha value is -4.29. The average Bonchev–Trinajstić information content (AvgIpc) is 3.04. The summed E-state index contributed by atoms with van der Waals surface area (Å²) >= 11 is 12.1. The van der Waals surface area contributed by atoms with E-state index in [0.717, 1.165) is 16.7 Å². The molecule has 1 amide bonds. The molecule has 2 aliphatic rings. The van der Waals surface area contributed by atoms with Gasteiger partial charge in [-0.05, 0) is 43.7 Å². The number of allylic oxidation sites excluding steroid dienone is 2. The number of rotatable bonds is 7. The van der Waals surface area contributed by atoms with Crippen LogP contribution in [0.5, 0.6) is 11.5 Å². The molecule has 1 saturated heterocycles. The predicted octanol–water partition coefficient (Wildman–Crippen LogP) is 7.33. The minimum Gasteiger partial charge on any atom is -0.506 e. The van der Waals surface area contributed by atoms with Gasteiger partial charge >= 0.3 is 0 Å². The monoisotopic (exact) mass is 717 g/mol. The number of aromatic hydroxyl groups is 1. The minimum absolute atomic E-state index is 0.0146. The van der Waals surface area contributed by atoms with Crippen molar-refractivity contribution in [1.82, 2.24) is 9.47 Å². The summed E-state index contributed by atoms with van der Waals surface area (Å²) in [5, 5.41) is 9.70. The Bertz CT molecular complexity index is 2020. The van der Waals surface area contributed by atoms with Crippen LogP contribution >= 0.6 is 23.2 Å². The second-order valence-electron chi connectivity index (χ2n) is 12.6. The van der Waals surface area contributed by atoms with Crippen molar-refractivity contribution in [3.05, 3.63) is 68.3 Å². The summed E-state index contributed by atoms with van der Waals surface area (Å²) in [7, 11) is 1.51. The number of amides is 1. The van der Waals surface area contributed by atoms with E-state index in [0.29, 0.717) is 5.71 Å². The van der Waals surface area contributed by atoms with Gasteiger partial charge in [-0.15, -0.1) is 0 Å². The van der Waals surface area contributed by atoms with Crippen molar-refractivity contribution in [2.45, 2.75) is 46.7 Å². The Balaban J connectivity index is 2.02. The molecule has 1 N–H and O–H groups in total. The van der Waals surface area contributed by atoms with Crippen LogP contribution in [-0.4, -0.2) is 71.7 Å². The molecule has 2 atom stereocenters. The molecule has 9 nitrogen and oxygen atoms in total. The number of carbonyl (C=O) groups excluding carboxylic acids is 1. The Kier molecular flexibility index (Phi) is 9.96. The number of phenolic OH excluding ortho intramolecular Hbond substituents is 1. The summed E-state index contributed by atoms with van der Waals surface area (Å²) < 4.78 is 56.6. The largest absolute Gasteiger partial charge is 0.506 e. The Labute approximate surface area is 291 Å². The van der Waals surface area contributed by atoms with Gasteiger partial charge in [-0.3, -0.25) is 24.1 Å². The SMILES string of the molecule is C=CC(=O)N1CC2COc3c(c4cc(F)c(-c5c(O)c(Cl)cc(Cl)c5F)c(F)c4n(C(/C(=N\C)C(C)C)=C(/N=C)C(C)C)c3=O)N2CC1C. The molecule has 5 rings (SSSR count). The van der Waals surface area contributed by atoms with Gasteiger partial charge in [-0.1, -0.05) is 57.5 Å². The molecule has 260 valence electrons. The number of nitrogens with zero attached hydrogens (tertiary/aromatic N) is 5. The molecule has 0 aliphatic carbocycles. The van der Waals surface area contributed by atoms with Gasteiger partial charge in [0.1, 0.15) is 18.2 Å². The number of aliphatic imine (C=N–C) groups is 2. The maximum atomic E-state index is 17.5. The van der Waals surface area contributed by atoms with Crippen molar-refractivity contribution in [3.63, 3.8) is 0 Å². The van der Waals surface area contributed by atoms with Crippen LogP contribution in [0.2, 0.25) is 10.0 Å². The number of aromatic nitrogens is 1. The highest BCUT2D eigenvalue weighted by Gasteiger charge is 2.42. The first kappa shape index (κ1) is 36.0. The van der Waals surface area contributed by atoms with Crippen molar-refractivity contribution >= 4 is 63.8 Å². The number of phenols is 1. The van der Waals surface area contributed by atoms with Crippen LogP contribution < -0.4 is 15.2 Å². The fourth-order valence-corrected chi connectivity index (χ4v) is 7.16. The van der Waals surface area contributed by atoms with Crippen molar-refractivity contribution in [1.29, 1.82) is 0 Å². The van der Waals surface area contributed by atoms with Crippen molar-refractivity contribution in [3.8, 4) is 22.6 Å². The molecule has 2 aromatic carbocycles. The van der Waals surface area contributed by atoms with Crippen LogP contribution in [0, 0.1) is 29.3 Å². The standard InChI is InChI=1S/C35H36Cl2F3N5O4/c1-9-23(46)43-13-18-14-49-34-31(44(18)12-17(43)6)19-10-22(38)24(25-26(39)20(36)11-21(37)33(25)47)27(40)30(19)45(35(34)48)32(28(41-7)15(2)3)29(42-8)16(4)5/h9-11,15-18,47H,1,7,12-14H2,2-6,8H3/b32-28+,42-29-.